The molecule has 0 unspecified atom stereocenters. The summed E-state index contributed by atoms with van der Waals surface area (Å²) in [7, 11) is 0. The number of imide groups is 1. The van der Waals surface area contributed by atoms with E-state index in [0.717, 1.165) is 5.69 Å². The molecule has 0 spiro atoms. The van der Waals surface area contributed by atoms with Gasteiger partial charge in [-0.15, -0.1) is 10.2 Å². The summed E-state index contributed by atoms with van der Waals surface area (Å²) in [5.41, 5.74) is 0.628. The van der Waals surface area contributed by atoms with Crippen LogP contribution in [0.1, 0.15) is 23.3 Å². The number of aromatic nitrogens is 3. The van der Waals surface area contributed by atoms with Gasteiger partial charge in [0.25, 0.3) is 11.8 Å². The number of para-hydroxylation sites is 1. The molecule has 8 heteroatoms. The van der Waals surface area contributed by atoms with Gasteiger partial charge in [-0.2, -0.15) is 0 Å². The molecule has 0 saturated carbocycles. The fourth-order valence-corrected chi connectivity index (χ4v) is 1.85. The molecule has 2 aromatic rings. The molecular formula is C13H10N4O4. The molecule has 2 amide bonds. The number of carbonyl (C=O) groups is 3. The summed E-state index contributed by atoms with van der Waals surface area (Å²) in [6.45, 7) is 0. The van der Waals surface area contributed by atoms with Crippen LogP contribution in [-0.4, -0.2) is 37.8 Å². The molecule has 0 N–H and O–H groups in total. The van der Waals surface area contributed by atoms with Crippen LogP contribution in [0.2, 0.25) is 0 Å². The third-order valence-electron chi connectivity index (χ3n) is 2.90. The number of nitrogens with zero attached hydrogens (tertiary/aromatic N) is 4. The van der Waals surface area contributed by atoms with Crippen molar-refractivity contribution in [3.05, 3.63) is 42.2 Å². The minimum Gasteiger partial charge on any atom is -0.323 e. The first kappa shape index (κ1) is 13.0. The summed E-state index contributed by atoms with van der Waals surface area (Å²) in [4.78, 5) is 39.3. The van der Waals surface area contributed by atoms with Crippen LogP contribution in [0.15, 0.2) is 36.5 Å². The first-order chi connectivity index (χ1) is 10.1. The Morgan fingerprint density at radius 1 is 1.10 bits per heavy atom. The number of hydrogen-bond acceptors (Lipinski definition) is 6. The quantitative estimate of drug-likeness (QED) is 0.762. The average Bonchev–Trinajstić information content (AvgIpc) is 3.11. The summed E-state index contributed by atoms with van der Waals surface area (Å²) in [6, 6.07) is 9.06. The highest BCUT2D eigenvalue weighted by Crippen LogP contribution is 2.14. The van der Waals surface area contributed by atoms with Crippen LogP contribution < -0.4 is 0 Å². The molecule has 1 aliphatic rings. The lowest BCUT2D eigenvalue weighted by Crippen LogP contribution is -2.32. The molecule has 3 rings (SSSR count). The maximum absolute atomic E-state index is 11.9. The fourth-order valence-electron chi connectivity index (χ4n) is 1.85. The van der Waals surface area contributed by atoms with E-state index in [1.165, 1.54) is 10.9 Å². The zero-order chi connectivity index (χ0) is 14.8. The Kier molecular flexibility index (Phi) is 3.19. The van der Waals surface area contributed by atoms with Crippen molar-refractivity contribution >= 4 is 17.8 Å². The Labute approximate surface area is 118 Å². The van der Waals surface area contributed by atoms with Crippen molar-refractivity contribution in [3.63, 3.8) is 0 Å². The van der Waals surface area contributed by atoms with Gasteiger partial charge in [-0.25, -0.2) is 9.48 Å². The normalized spacial score (nSPS) is 14.6. The standard InChI is InChI=1S/C13H10N4O4/c18-11-6-7-12(19)17(11)21-13(20)10-8-16(15-14-10)9-4-2-1-3-5-9/h1-5,8H,6-7H2. The molecule has 1 aliphatic heterocycles. The first-order valence-electron chi connectivity index (χ1n) is 6.21. The third-order valence-corrected chi connectivity index (χ3v) is 2.90. The van der Waals surface area contributed by atoms with Crippen molar-refractivity contribution in [1.29, 1.82) is 0 Å². The van der Waals surface area contributed by atoms with Crippen LogP contribution in [0.25, 0.3) is 5.69 Å². The van der Waals surface area contributed by atoms with E-state index in [1.807, 2.05) is 18.2 Å². The van der Waals surface area contributed by atoms with Crippen LogP contribution in [0.5, 0.6) is 0 Å². The van der Waals surface area contributed by atoms with Crippen LogP contribution in [-0.2, 0) is 14.4 Å². The Morgan fingerprint density at radius 3 is 2.43 bits per heavy atom. The van der Waals surface area contributed by atoms with Gasteiger partial charge in [-0.1, -0.05) is 23.4 Å². The predicted molar refractivity (Wildman–Crippen MR) is 67.9 cm³/mol. The predicted octanol–water partition coefficient (Wildman–Crippen LogP) is 0.488. The molecule has 0 bridgehead atoms. The maximum Gasteiger partial charge on any atom is 0.385 e. The highest BCUT2D eigenvalue weighted by molar-refractivity contribution is 6.02. The van der Waals surface area contributed by atoms with Gasteiger partial charge in [0.15, 0.2) is 5.69 Å². The van der Waals surface area contributed by atoms with Gasteiger partial charge in [0, 0.05) is 12.8 Å². The van der Waals surface area contributed by atoms with Crippen molar-refractivity contribution in [2.75, 3.05) is 0 Å². The average molecular weight is 286 g/mol. The fraction of sp³-hybridized carbons (Fsp3) is 0.154. The van der Waals surface area contributed by atoms with E-state index in [4.69, 9.17) is 4.84 Å². The smallest absolute Gasteiger partial charge is 0.323 e. The second-order valence-electron chi connectivity index (χ2n) is 4.34. The highest BCUT2D eigenvalue weighted by atomic mass is 16.7. The molecule has 1 aromatic heterocycles. The number of benzene rings is 1. The topological polar surface area (TPSA) is 94.4 Å². The number of carbonyl (C=O) groups excluding carboxylic acids is 3. The lowest BCUT2D eigenvalue weighted by atomic mass is 10.3. The van der Waals surface area contributed by atoms with Crippen LogP contribution in [0.3, 0.4) is 0 Å². The number of hydroxylamine groups is 2. The lowest BCUT2D eigenvalue weighted by Gasteiger charge is -2.10. The molecule has 1 fully saturated rings. The van der Waals surface area contributed by atoms with Gasteiger partial charge in [0.1, 0.15) is 0 Å². The Bertz CT molecular complexity index is 694. The Balaban J connectivity index is 1.76. The SMILES string of the molecule is O=C(ON1C(=O)CCC1=O)c1cn(-c2ccccc2)nn1. The summed E-state index contributed by atoms with van der Waals surface area (Å²) in [5, 5.41) is 7.95. The van der Waals surface area contributed by atoms with Gasteiger partial charge in [-0.05, 0) is 12.1 Å². The van der Waals surface area contributed by atoms with E-state index < -0.39 is 17.8 Å². The number of amides is 2. The van der Waals surface area contributed by atoms with Crippen LogP contribution >= 0.6 is 0 Å². The molecule has 0 radical (unpaired) electrons. The van der Waals surface area contributed by atoms with Gasteiger partial charge < -0.3 is 4.84 Å². The molecule has 0 atom stereocenters. The van der Waals surface area contributed by atoms with Gasteiger partial charge in [0.2, 0.25) is 0 Å². The molecule has 0 aliphatic carbocycles. The highest BCUT2D eigenvalue weighted by Gasteiger charge is 2.33. The monoisotopic (exact) mass is 286 g/mol. The molecule has 21 heavy (non-hydrogen) atoms. The number of hydrogen-bond donors (Lipinski definition) is 0. The summed E-state index contributed by atoms with van der Waals surface area (Å²) < 4.78 is 1.39. The van der Waals surface area contributed by atoms with E-state index >= 15 is 0 Å². The molecule has 8 nitrogen and oxygen atoms in total. The van der Waals surface area contributed by atoms with Crippen molar-refractivity contribution in [3.8, 4) is 5.69 Å². The van der Waals surface area contributed by atoms with Crippen molar-refractivity contribution in [2.45, 2.75) is 12.8 Å². The van der Waals surface area contributed by atoms with Crippen LogP contribution in [0.4, 0.5) is 0 Å². The van der Waals surface area contributed by atoms with Crippen molar-refractivity contribution in [2.24, 2.45) is 0 Å². The second-order valence-corrected chi connectivity index (χ2v) is 4.34. The van der Waals surface area contributed by atoms with E-state index in [-0.39, 0.29) is 18.5 Å². The minimum atomic E-state index is -0.902. The molecule has 2 heterocycles. The van der Waals surface area contributed by atoms with Crippen molar-refractivity contribution in [1.82, 2.24) is 20.1 Å². The zero-order valence-corrected chi connectivity index (χ0v) is 10.8. The molecule has 1 aromatic carbocycles. The largest absolute Gasteiger partial charge is 0.385 e. The first-order valence-corrected chi connectivity index (χ1v) is 6.21. The van der Waals surface area contributed by atoms with Gasteiger partial charge in [0.05, 0.1) is 11.9 Å². The minimum absolute atomic E-state index is 0.0445. The summed E-state index contributed by atoms with van der Waals surface area (Å²) in [5.74, 6) is -1.98. The van der Waals surface area contributed by atoms with E-state index in [2.05, 4.69) is 10.3 Å². The van der Waals surface area contributed by atoms with Crippen molar-refractivity contribution < 1.29 is 19.2 Å². The van der Waals surface area contributed by atoms with E-state index in [0.29, 0.717) is 5.06 Å². The Hall–Kier alpha value is -3.03. The van der Waals surface area contributed by atoms with Gasteiger partial charge >= 0.3 is 5.97 Å². The zero-order valence-electron chi connectivity index (χ0n) is 10.8. The summed E-state index contributed by atoms with van der Waals surface area (Å²) >= 11 is 0. The second kappa shape index (κ2) is 5.16. The molecule has 106 valence electrons. The molecular weight excluding hydrogens is 276 g/mol. The van der Waals surface area contributed by atoms with Gasteiger partial charge in [-0.3, -0.25) is 9.59 Å². The molecule has 1 saturated heterocycles. The third kappa shape index (κ3) is 2.50. The number of rotatable bonds is 3. The summed E-state index contributed by atoms with van der Waals surface area (Å²) in [6.07, 6.45) is 1.45. The van der Waals surface area contributed by atoms with E-state index in [9.17, 15) is 14.4 Å². The maximum atomic E-state index is 11.9. The van der Waals surface area contributed by atoms with Crippen LogP contribution in [0, 0.1) is 0 Å². The van der Waals surface area contributed by atoms with E-state index in [1.54, 1.807) is 12.1 Å². The Morgan fingerprint density at radius 2 is 1.76 bits per heavy atom. The lowest BCUT2D eigenvalue weighted by molar-refractivity contribution is -0.172.